The molecule has 1 aromatic heterocycles. The SMILES string of the molecule is COc1c(N2CC3CCCN[C@]3(N)C2)c(F)cc2c(=O)c(C(=O)O)c[nH]c12. The van der Waals surface area contributed by atoms with Crippen LogP contribution in [-0.2, 0) is 0 Å². The molecule has 1 unspecified atom stereocenters. The van der Waals surface area contributed by atoms with E-state index in [1.54, 1.807) is 0 Å². The minimum Gasteiger partial charge on any atom is -0.492 e. The van der Waals surface area contributed by atoms with Crippen molar-refractivity contribution >= 4 is 22.6 Å². The van der Waals surface area contributed by atoms with E-state index >= 15 is 4.39 Å². The van der Waals surface area contributed by atoms with Gasteiger partial charge in [0.2, 0.25) is 5.43 Å². The maximum absolute atomic E-state index is 15.1. The number of aromatic nitrogens is 1. The van der Waals surface area contributed by atoms with E-state index in [1.165, 1.54) is 7.11 Å². The Kier molecular flexibility index (Phi) is 4.08. The molecular weight excluding hydrogens is 355 g/mol. The van der Waals surface area contributed by atoms with E-state index < -0.39 is 28.4 Å². The number of piperidine rings is 1. The van der Waals surface area contributed by atoms with Gasteiger partial charge in [0.15, 0.2) is 11.6 Å². The molecule has 0 spiro atoms. The fourth-order valence-electron chi connectivity index (χ4n) is 4.27. The number of rotatable bonds is 3. The lowest BCUT2D eigenvalue weighted by molar-refractivity contribution is 0.0695. The van der Waals surface area contributed by atoms with Gasteiger partial charge in [-0.05, 0) is 25.5 Å². The summed E-state index contributed by atoms with van der Waals surface area (Å²) in [6, 6.07) is 1.07. The Bertz CT molecular complexity index is 991. The summed E-state index contributed by atoms with van der Waals surface area (Å²) in [5, 5.41) is 12.4. The molecule has 3 heterocycles. The molecule has 8 nitrogen and oxygen atoms in total. The average molecular weight is 376 g/mol. The van der Waals surface area contributed by atoms with E-state index in [2.05, 4.69) is 10.3 Å². The van der Waals surface area contributed by atoms with Crippen LogP contribution in [0.4, 0.5) is 10.1 Å². The molecule has 0 aliphatic carbocycles. The highest BCUT2D eigenvalue weighted by molar-refractivity contribution is 5.96. The molecule has 2 atom stereocenters. The van der Waals surface area contributed by atoms with Crippen LogP contribution < -0.4 is 26.1 Å². The van der Waals surface area contributed by atoms with E-state index in [1.807, 2.05) is 4.90 Å². The van der Waals surface area contributed by atoms with Crippen molar-refractivity contribution in [3.8, 4) is 5.75 Å². The monoisotopic (exact) mass is 376 g/mol. The number of carbonyl (C=O) groups is 1. The van der Waals surface area contributed by atoms with Crippen molar-refractivity contribution in [2.45, 2.75) is 18.5 Å². The quantitative estimate of drug-likeness (QED) is 0.627. The number of H-pyrrole nitrogens is 1. The van der Waals surface area contributed by atoms with Gasteiger partial charge in [0.1, 0.15) is 11.3 Å². The largest absolute Gasteiger partial charge is 0.492 e. The van der Waals surface area contributed by atoms with Crippen LogP contribution >= 0.6 is 0 Å². The predicted octanol–water partition coefficient (Wildman–Crippen LogP) is 0.849. The zero-order chi connectivity index (χ0) is 19.3. The number of carboxylic acid groups (broad SMARTS) is 1. The Labute approximate surface area is 154 Å². The molecule has 0 bridgehead atoms. The number of hydrogen-bond donors (Lipinski definition) is 4. The molecule has 4 rings (SSSR count). The number of pyridine rings is 1. The highest BCUT2D eigenvalue weighted by Gasteiger charge is 2.46. The molecule has 0 radical (unpaired) electrons. The highest BCUT2D eigenvalue weighted by Crippen LogP contribution is 2.41. The van der Waals surface area contributed by atoms with Crippen LogP contribution in [0.1, 0.15) is 23.2 Å². The number of carboxylic acids is 1. The normalized spacial score (nSPS) is 24.9. The molecule has 1 aromatic carbocycles. The summed E-state index contributed by atoms with van der Waals surface area (Å²) < 4.78 is 20.5. The van der Waals surface area contributed by atoms with Crippen molar-refractivity contribution in [3.05, 3.63) is 33.9 Å². The van der Waals surface area contributed by atoms with Gasteiger partial charge < -0.3 is 25.5 Å². The molecule has 2 aliphatic heterocycles. The first-order valence-corrected chi connectivity index (χ1v) is 8.79. The molecule has 0 amide bonds. The van der Waals surface area contributed by atoms with Gasteiger partial charge in [-0.15, -0.1) is 0 Å². The van der Waals surface area contributed by atoms with Crippen LogP contribution in [0.3, 0.4) is 0 Å². The van der Waals surface area contributed by atoms with Gasteiger partial charge in [-0.1, -0.05) is 0 Å². The van der Waals surface area contributed by atoms with Gasteiger partial charge in [-0.25, -0.2) is 9.18 Å². The third-order valence-corrected chi connectivity index (χ3v) is 5.61. The number of aromatic carboxylic acids is 1. The molecule has 2 saturated heterocycles. The third kappa shape index (κ3) is 2.65. The predicted molar refractivity (Wildman–Crippen MR) is 97.9 cm³/mol. The number of ether oxygens (including phenoxy) is 1. The van der Waals surface area contributed by atoms with Crippen LogP contribution in [0.25, 0.3) is 10.9 Å². The summed E-state index contributed by atoms with van der Waals surface area (Å²) in [5.41, 5.74) is 5.17. The van der Waals surface area contributed by atoms with Crippen molar-refractivity contribution in [1.29, 1.82) is 0 Å². The average Bonchev–Trinajstić information content (AvgIpc) is 2.97. The number of fused-ring (bicyclic) bond motifs is 2. The van der Waals surface area contributed by atoms with E-state index in [0.29, 0.717) is 13.1 Å². The molecule has 2 aromatic rings. The number of nitrogens with two attached hydrogens (primary N) is 1. The second-order valence-electron chi connectivity index (χ2n) is 7.19. The van der Waals surface area contributed by atoms with E-state index in [9.17, 15) is 9.59 Å². The van der Waals surface area contributed by atoms with Crippen LogP contribution in [0, 0.1) is 11.7 Å². The van der Waals surface area contributed by atoms with Crippen LogP contribution in [0.2, 0.25) is 0 Å². The number of aromatic amines is 1. The number of hydrogen-bond acceptors (Lipinski definition) is 6. The molecular formula is C18H21FN4O4. The third-order valence-electron chi connectivity index (χ3n) is 5.61. The Morgan fingerprint density at radius 3 is 2.96 bits per heavy atom. The molecule has 144 valence electrons. The minimum atomic E-state index is -1.37. The lowest BCUT2D eigenvalue weighted by Gasteiger charge is -2.35. The van der Waals surface area contributed by atoms with Crippen molar-refractivity contribution in [1.82, 2.24) is 10.3 Å². The number of methoxy groups -OCH3 is 1. The van der Waals surface area contributed by atoms with Gasteiger partial charge in [0.25, 0.3) is 0 Å². The second-order valence-corrected chi connectivity index (χ2v) is 7.19. The van der Waals surface area contributed by atoms with Gasteiger partial charge in [-0.2, -0.15) is 0 Å². The fraction of sp³-hybridized carbons (Fsp3) is 0.444. The van der Waals surface area contributed by atoms with Crippen LogP contribution in [0.5, 0.6) is 5.75 Å². The first kappa shape index (κ1) is 17.7. The first-order valence-electron chi connectivity index (χ1n) is 8.79. The van der Waals surface area contributed by atoms with E-state index in [-0.39, 0.29) is 28.3 Å². The van der Waals surface area contributed by atoms with E-state index in [0.717, 1.165) is 31.6 Å². The Morgan fingerprint density at radius 1 is 1.52 bits per heavy atom. The Hall–Kier alpha value is -2.65. The smallest absolute Gasteiger partial charge is 0.341 e. The van der Waals surface area contributed by atoms with Crippen molar-refractivity contribution in [2.75, 3.05) is 31.6 Å². The standard InChI is InChI=1S/C18H21FN4O4/c1-27-16-13-10(15(24)11(6-21-13)17(25)26)5-12(19)14(16)23-7-9-3-2-4-22-18(9,20)8-23/h5-6,9,22H,2-4,7-8,20H2,1H3,(H,21,24)(H,25,26)/t9?,18-/m1/s1. The van der Waals surface area contributed by atoms with Crippen molar-refractivity contribution in [2.24, 2.45) is 11.7 Å². The summed E-state index contributed by atoms with van der Waals surface area (Å²) in [4.78, 5) is 28.2. The summed E-state index contributed by atoms with van der Waals surface area (Å²) in [6.45, 7) is 1.80. The Balaban J connectivity index is 1.87. The first-order chi connectivity index (χ1) is 12.9. The topological polar surface area (TPSA) is 121 Å². The summed E-state index contributed by atoms with van der Waals surface area (Å²) in [7, 11) is 1.39. The summed E-state index contributed by atoms with van der Waals surface area (Å²) in [6.07, 6.45) is 3.07. The lowest BCUT2D eigenvalue weighted by atomic mass is 9.89. The number of benzene rings is 1. The van der Waals surface area contributed by atoms with Crippen molar-refractivity contribution in [3.63, 3.8) is 0 Å². The zero-order valence-electron chi connectivity index (χ0n) is 14.8. The minimum absolute atomic E-state index is 0.0646. The number of anilines is 1. The second kappa shape index (κ2) is 6.21. The number of halogens is 1. The lowest BCUT2D eigenvalue weighted by Crippen LogP contribution is -2.62. The van der Waals surface area contributed by atoms with Gasteiger partial charge in [-0.3, -0.25) is 10.1 Å². The summed E-state index contributed by atoms with van der Waals surface area (Å²) in [5.74, 6) is -1.67. The van der Waals surface area contributed by atoms with Crippen molar-refractivity contribution < 1.29 is 19.0 Å². The molecule has 2 aliphatic rings. The summed E-state index contributed by atoms with van der Waals surface area (Å²) >= 11 is 0. The number of nitrogens with zero attached hydrogens (tertiary/aromatic N) is 1. The van der Waals surface area contributed by atoms with Gasteiger partial charge in [0.05, 0.1) is 23.7 Å². The highest BCUT2D eigenvalue weighted by atomic mass is 19.1. The molecule has 27 heavy (non-hydrogen) atoms. The van der Waals surface area contributed by atoms with Gasteiger partial charge in [0, 0.05) is 25.2 Å². The number of nitrogens with one attached hydrogen (secondary N) is 2. The maximum Gasteiger partial charge on any atom is 0.341 e. The molecule has 2 fully saturated rings. The van der Waals surface area contributed by atoms with E-state index in [4.69, 9.17) is 15.6 Å². The maximum atomic E-state index is 15.1. The fourth-order valence-corrected chi connectivity index (χ4v) is 4.27. The van der Waals surface area contributed by atoms with Crippen LogP contribution in [-0.4, -0.2) is 48.5 Å². The molecule has 9 heteroatoms. The molecule has 0 saturated carbocycles. The zero-order valence-corrected chi connectivity index (χ0v) is 14.8. The Morgan fingerprint density at radius 2 is 2.30 bits per heavy atom. The molecule has 5 N–H and O–H groups in total. The van der Waals surface area contributed by atoms with Gasteiger partial charge >= 0.3 is 5.97 Å². The van der Waals surface area contributed by atoms with Crippen LogP contribution in [0.15, 0.2) is 17.1 Å².